The number of hydrogen-bond donors (Lipinski definition) is 1. The van der Waals surface area contributed by atoms with Gasteiger partial charge in [0.05, 0.1) is 17.7 Å². The van der Waals surface area contributed by atoms with E-state index >= 15 is 0 Å². The molecule has 0 aliphatic carbocycles. The minimum atomic E-state index is -4.13. The quantitative estimate of drug-likeness (QED) is 0.432. The van der Waals surface area contributed by atoms with E-state index in [0.717, 1.165) is 9.87 Å². The molecule has 0 heterocycles. The lowest BCUT2D eigenvalue weighted by atomic mass is 10.1. The van der Waals surface area contributed by atoms with Crippen LogP contribution in [-0.4, -0.2) is 51.9 Å². The second-order valence-electron chi connectivity index (χ2n) is 7.96. The highest BCUT2D eigenvalue weighted by atomic mass is 35.5. The summed E-state index contributed by atoms with van der Waals surface area (Å²) in [7, 11) is -1.16. The number of anilines is 1. The third-order valence-electron chi connectivity index (χ3n) is 5.65. The van der Waals surface area contributed by atoms with Gasteiger partial charge in [-0.05, 0) is 61.0 Å². The van der Waals surface area contributed by atoms with E-state index in [9.17, 15) is 18.0 Å². The second kappa shape index (κ2) is 11.9. The summed E-state index contributed by atoms with van der Waals surface area (Å²) in [6, 6.07) is 20.3. The van der Waals surface area contributed by atoms with E-state index in [1.165, 1.54) is 31.2 Å². The first kappa shape index (κ1) is 27.0. The van der Waals surface area contributed by atoms with Crippen LogP contribution >= 0.6 is 11.6 Å². The molecule has 190 valence electrons. The molecule has 8 nitrogen and oxygen atoms in total. The zero-order chi connectivity index (χ0) is 26.3. The summed E-state index contributed by atoms with van der Waals surface area (Å²) in [6.45, 7) is 1.18. The Labute approximate surface area is 216 Å². The van der Waals surface area contributed by atoms with E-state index in [-0.39, 0.29) is 17.3 Å². The minimum Gasteiger partial charge on any atom is -0.497 e. The Kier molecular flexibility index (Phi) is 8.95. The third kappa shape index (κ3) is 6.35. The van der Waals surface area contributed by atoms with Gasteiger partial charge in [-0.15, -0.1) is 0 Å². The molecule has 0 aliphatic heterocycles. The lowest BCUT2D eigenvalue weighted by Crippen LogP contribution is -2.50. The van der Waals surface area contributed by atoms with Crippen LogP contribution < -0.4 is 14.4 Å². The average molecular weight is 530 g/mol. The number of ether oxygens (including phenoxy) is 1. The summed E-state index contributed by atoms with van der Waals surface area (Å²) >= 11 is 5.98. The molecule has 2 amide bonds. The number of nitrogens with zero attached hydrogens (tertiary/aromatic N) is 2. The van der Waals surface area contributed by atoms with Crippen molar-refractivity contribution in [3.05, 3.63) is 89.4 Å². The van der Waals surface area contributed by atoms with Crippen molar-refractivity contribution in [3.8, 4) is 5.75 Å². The molecular formula is C26H28ClN3O5S. The number of carbonyl (C=O) groups excluding carboxylic acids is 2. The highest BCUT2D eigenvalue weighted by molar-refractivity contribution is 7.92. The Bertz CT molecular complexity index is 1280. The number of para-hydroxylation sites is 1. The summed E-state index contributed by atoms with van der Waals surface area (Å²) in [5.41, 5.74) is 1.06. The topological polar surface area (TPSA) is 96.0 Å². The zero-order valence-corrected chi connectivity index (χ0v) is 21.8. The fourth-order valence-electron chi connectivity index (χ4n) is 3.58. The molecule has 0 fully saturated rings. The molecule has 0 saturated carbocycles. The summed E-state index contributed by atoms with van der Waals surface area (Å²) in [5, 5.41) is 3.09. The van der Waals surface area contributed by atoms with Gasteiger partial charge in [0, 0.05) is 18.6 Å². The van der Waals surface area contributed by atoms with Crippen molar-refractivity contribution in [1.29, 1.82) is 0 Å². The molecular weight excluding hydrogens is 502 g/mol. The molecule has 0 bridgehead atoms. The molecule has 0 aromatic heterocycles. The number of carbonyl (C=O) groups is 2. The van der Waals surface area contributed by atoms with Crippen LogP contribution in [0.5, 0.6) is 5.75 Å². The lowest BCUT2D eigenvalue weighted by molar-refractivity contribution is -0.139. The fourth-order valence-corrected chi connectivity index (χ4v) is 5.12. The Morgan fingerprint density at radius 1 is 0.972 bits per heavy atom. The maximum absolute atomic E-state index is 13.7. The molecule has 0 saturated heterocycles. The number of likely N-dealkylation sites (N-methyl/N-ethyl adjacent to an activating group) is 1. The van der Waals surface area contributed by atoms with Gasteiger partial charge in [0.25, 0.3) is 10.0 Å². The second-order valence-corrected chi connectivity index (χ2v) is 10.3. The van der Waals surface area contributed by atoms with Crippen LogP contribution in [-0.2, 0) is 26.2 Å². The van der Waals surface area contributed by atoms with E-state index in [4.69, 9.17) is 16.3 Å². The number of halogens is 1. The lowest BCUT2D eigenvalue weighted by Gasteiger charge is -2.31. The van der Waals surface area contributed by atoms with Crippen molar-refractivity contribution in [2.75, 3.05) is 25.0 Å². The monoisotopic (exact) mass is 529 g/mol. The first-order valence-electron chi connectivity index (χ1n) is 11.1. The van der Waals surface area contributed by atoms with Gasteiger partial charge >= 0.3 is 0 Å². The first-order chi connectivity index (χ1) is 17.2. The van der Waals surface area contributed by atoms with Crippen molar-refractivity contribution in [1.82, 2.24) is 10.2 Å². The number of nitrogens with one attached hydrogen (secondary N) is 1. The third-order valence-corrected chi connectivity index (χ3v) is 7.69. The van der Waals surface area contributed by atoms with Crippen LogP contribution in [0.4, 0.5) is 5.69 Å². The molecule has 0 radical (unpaired) electrons. The normalized spacial score (nSPS) is 11.9. The van der Waals surface area contributed by atoms with E-state index in [1.54, 1.807) is 73.7 Å². The van der Waals surface area contributed by atoms with E-state index < -0.39 is 28.5 Å². The number of amides is 2. The van der Waals surface area contributed by atoms with Gasteiger partial charge in [0.15, 0.2) is 0 Å². The molecule has 36 heavy (non-hydrogen) atoms. The molecule has 1 atom stereocenters. The number of methoxy groups -OCH3 is 1. The van der Waals surface area contributed by atoms with Gasteiger partial charge < -0.3 is 15.0 Å². The van der Waals surface area contributed by atoms with E-state index in [0.29, 0.717) is 16.5 Å². The molecule has 0 aliphatic rings. The standard InChI is InChI=1S/C26H28ClN3O5S/c1-19(26(32)28-2)29(17-20-9-11-21(27)12-10-20)25(31)18-30(22-7-5-4-6-8-22)36(33,34)24-15-13-23(35-3)14-16-24/h4-16,19H,17-18H2,1-3H3,(H,28,32). The van der Waals surface area contributed by atoms with Gasteiger partial charge in [-0.2, -0.15) is 0 Å². The predicted molar refractivity (Wildman–Crippen MR) is 139 cm³/mol. The van der Waals surface area contributed by atoms with Crippen LogP contribution in [0.15, 0.2) is 83.8 Å². The first-order valence-corrected chi connectivity index (χ1v) is 13.0. The van der Waals surface area contributed by atoms with Crippen LogP contribution in [0.25, 0.3) is 0 Å². The van der Waals surface area contributed by atoms with Gasteiger partial charge in [0.2, 0.25) is 11.8 Å². The number of rotatable bonds is 10. The molecule has 1 unspecified atom stereocenters. The number of sulfonamides is 1. The molecule has 3 aromatic rings. The molecule has 10 heteroatoms. The van der Waals surface area contributed by atoms with Crippen molar-refractivity contribution in [2.24, 2.45) is 0 Å². The molecule has 1 N–H and O–H groups in total. The Hall–Kier alpha value is -3.56. The fraction of sp³-hybridized carbons (Fsp3) is 0.231. The van der Waals surface area contributed by atoms with Gasteiger partial charge in [-0.3, -0.25) is 13.9 Å². The SMILES string of the molecule is CNC(=O)C(C)N(Cc1ccc(Cl)cc1)C(=O)CN(c1ccccc1)S(=O)(=O)c1ccc(OC)cc1. The van der Waals surface area contributed by atoms with Crippen molar-refractivity contribution >= 4 is 39.1 Å². The van der Waals surface area contributed by atoms with Crippen molar-refractivity contribution in [2.45, 2.75) is 24.4 Å². The maximum Gasteiger partial charge on any atom is 0.264 e. The van der Waals surface area contributed by atoms with Crippen LogP contribution in [0, 0.1) is 0 Å². The van der Waals surface area contributed by atoms with Gasteiger partial charge in [0.1, 0.15) is 18.3 Å². The summed E-state index contributed by atoms with van der Waals surface area (Å²) in [5.74, 6) is -0.409. The molecule has 3 rings (SSSR count). The van der Waals surface area contributed by atoms with Gasteiger partial charge in [-0.1, -0.05) is 41.9 Å². The highest BCUT2D eigenvalue weighted by Gasteiger charge is 2.32. The van der Waals surface area contributed by atoms with Crippen molar-refractivity contribution in [3.63, 3.8) is 0 Å². The number of hydrogen-bond acceptors (Lipinski definition) is 5. The Balaban J connectivity index is 1.99. The predicted octanol–water partition coefficient (Wildman–Crippen LogP) is 3.71. The summed E-state index contributed by atoms with van der Waals surface area (Å²) in [6.07, 6.45) is 0. The zero-order valence-electron chi connectivity index (χ0n) is 20.2. The van der Waals surface area contributed by atoms with Crippen molar-refractivity contribution < 1.29 is 22.7 Å². The van der Waals surface area contributed by atoms with Gasteiger partial charge in [-0.25, -0.2) is 8.42 Å². The Morgan fingerprint density at radius 2 is 1.58 bits per heavy atom. The van der Waals surface area contributed by atoms with Crippen LogP contribution in [0.3, 0.4) is 0 Å². The summed E-state index contributed by atoms with van der Waals surface area (Å²) in [4.78, 5) is 27.5. The number of benzene rings is 3. The molecule has 0 spiro atoms. The van der Waals surface area contributed by atoms with E-state index in [2.05, 4.69) is 5.32 Å². The summed E-state index contributed by atoms with van der Waals surface area (Å²) < 4.78 is 33.5. The molecule has 3 aromatic carbocycles. The maximum atomic E-state index is 13.7. The smallest absolute Gasteiger partial charge is 0.264 e. The van der Waals surface area contributed by atoms with Crippen LogP contribution in [0.1, 0.15) is 12.5 Å². The van der Waals surface area contributed by atoms with Crippen LogP contribution in [0.2, 0.25) is 5.02 Å². The highest BCUT2D eigenvalue weighted by Crippen LogP contribution is 2.26. The minimum absolute atomic E-state index is 0.00329. The Morgan fingerprint density at radius 3 is 2.14 bits per heavy atom. The largest absolute Gasteiger partial charge is 0.497 e. The average Bonchev–Trinajstić information content (AvgIpc) is 2.90. The van der Waals surface area contributed by atoms with E-state index in [1.807, 2.05) is 0 Å².